The second-order valence-electron chi connectivity index (χ2n) is 9.26. The number of nitrogens with zero attached hydrogens (tertiary/aromatic N) is 3. The summed E-state index contributed by atoms with van der Waals surface area (Å²) in [7, 11) is 1.60. The Labute approximate surface area is 243 Å². The van der Waals surface area contributed by atoms with E-state index in [0.717, 1.165) is 31.9 Å². The molecule has 8 heteroatoms. The van der Waals surface area contributed by atoms with Crippen LogP contribution in [0.5, 0.6) is 11.5 Å². The summed E-state index contributed by atoms with van der Waals surface area (Å²) >= 11 is 7.09. The number of ether oxygens (including phenoxy) is 2. The maximum atomic E-state index is 13.4. The van der Waals surface area contributed by atoms with Crippen LogP contribution in [0, 0.1) is 0 Å². The Balaban J connectivity index is 1.48. The fraction of sp³-hybridized carbons (Fsp3) is 0.194. The van der Waals surface area contributed by atoms with Crippen molar-refractivity contribution in [3.63, 3.8) is 0 Å². The fourth-order valence-electron chi connectivity index (χ4n) is 4.43. The average Bonchev–Trinajstić information content (AvgIpc) is 2.95. The molecule has 4 aromatic carbocycles. The van der Waals surface area contributed by atoms with Gasteiger partial charge in [0.15, 0.2) is 11.5 Å². The van der Waals surface area contributed by atoms with E-state index in [1.165, 1.54) is 10.1 Å². The van der Waals surface area contributed by atoms with E-state index in [9.17, 15) is 4.79 Å². The topological polar surface area (TPSA) is 65.7 Å². The number of benzene rings is 4. The van der Waals surface area contributed by atoms with Crippen molar-refractivity contribution < 1.29 is 9.47 Å². The Hall–Kier alpha value is -3.49. The predicted octanol–water partition coefficient (Wildman–Crippen LogP) is 8.06. The van der Waals surface area contributed by atoms with E-state index in [1.54, 1.807) is 19.4 Å². The van der Waals surface area contributed by atoms with Gasteiger partial charge in [0, 0.05) is 10.4 Å². The van der Waals surface area contributed by atoms with Gasteiger partial charge in [-0.1, -0.05) is 72.2 Å². The van der Waals surface area contributed by atoms with Crippen LogP contribution >= 0.6 is 31.9 Å². The van der Waals surface area contributed by atoms with E-state index in [1.807, 2.05) is 49.4 Å². The summed E-state index contributed by atoms with van der Waals surface area (Å²) in [6.07, 6.45) is 2.46. The van der Waals surface area contributed by atoms with Gasteiger partial charge in [-0.2, -0.15) is 9.78 Å². The molecule has 5 rings (SSSR count). The second kappa shape index (κ2) is 11.7. The van der Waals surface area contributed by atoms with Gasteiger partial charge in [0.05, 0.1) is 28.7 Å². The van der Waals surface area contributed by atoms with Crippen molar-refractivity contribution in [2.24, 2.45) is 5.10 Å². The first kappa shape index (κ1) is 27.1. The first-order valence-corrected chi connectivity index (χ1v) is 14.2. The maximum Gasteiger partial charge on any atom is 0.282 e. The van der Waals surface area contributed by atoms with Crippen molar-refractivity contribution in [2.75, 3.05) is 7.11 Å². The largest absolute Gasteiger partial charge is 0.493 e. The van der Waals surface area contributed by atoms with Crippen LogP contribution in [0.25, 0.3) is 21.7 Å². The van der Waals surface area contributed by atoms with Gasteiger partial charge >= 0.3 is 0 Å². The van der Waals surface area contributed by atoms with Crippen LogP contribution in [-0.2, 0) is 6.61 Å². The Bertz CT molecular complexity index is 1760. The lowest BCUT2D eigenvalue weighted by Crippen LogP contribution is -2.23. The summed E-state index contributed by atoms with van der Waals surface area (Å²) in [4.78, 5) is 18.2. The molecule has 0 saturated carbocycles. The van der Waals surface area contributed by atoms with Gasteiger partial charge < -0.3 is 9.47 Å². The van der Waals surface area contributed by atoms with E-state index in [-0.39, 0.29) is 11.5 Å². The van der Waals surface area contributed by atoms with Gasteiger partial charge in [0.1, 0.15) is 12.4 Å². The van der Waals surface area contributed by atoms with Crippen molar-refractivity contribution in [1.82, 2.24) is 9.66 Å². The first-order chi connectivity index (χ1) is 18.9. The van der Waals surface area contributed by atoms with Crippen LogP contribution in [0.4, 0.5) is 0 Å². The molecule has 0 saturated heterocycles. The Morgan fingerprint density at radius 2 is 1.82 bits per heavy atom. The Morgan fingerprint density at radius 3 is 2.62 bits per heavy atom. The summed E-state index contributed by atoms with van der Waals surface area (Å²) < 4.78 is 14.8. The maximum absolute atomic E-state index is 13.4. The quantitative estimate of drug-likeness (QED) is 0.160. The summed E-state index contributed by atoms with van der Waals surface area (Å²) in [5.41, 5.74) is 2.27. The zero-order valence-corrected chi connectivity index (χ0v) is 25.0. The molecule has 1 aromatic heterocycles. The number of hydrogen-bond acceptors (Lipinski definition) is 5. The van der Waals surface area contributed by atoms with Gasteiger partial charge in [-0.15, -0.1) is 0 Å². The highest BCUT2D eigenvalue weighted by Crippen LogP contribution is 2.37. The molecule has 0 N–H and O–H groups in total. The third-order valence-corrected chi connectivity index (χ3v) is 7.79. The molecule has 198 valence electrons. The summed E-state index contributed by atoms with van der Waals surface area (Å²) in [6.45, 7) is 4.49. The van der Waals surface area contributed by atoms with E-state index >= 15 is 0 Å². The van der Waals surface area contributed by atoms with Crippen molar-refractivity contribution in [2.45, 2.75) is 32.8 Å². The second-order valence-corrected chi connectivity index (χ2v) is 11.0. The van der Waals surface area contributed by atoms with Crippen LogP contribution in [0.3, 0.4) is 0 Å². The molecular weight excluding hydrogens is 622 g/mol. The molecule has 0 unspecified atom stereocenters. The van der Waals surface area contributed by atoms with Crippen LogP contribution in [0.15, 0.2) is 91.6 Å². The summed E-state index contributed by atoms with van der Waals surface area (Å²) in [5, 5.41) is 7.40. The molecule has 0 radical (unpaired) electrons. The number of methoxy groups -OCH3 is 1. The molecule has 0 spiro atoms. The molecule has 6 nitrogen and oxygen atoms in total. The zero-order valence-electron chi connectivity index (χ0n) is 21.8. The van der Waals surface area contributed by atoms with Crippen LogP contribution < -0.4 is 15.0 Å². The SMILES string of the molecule is CC[C@@H](C)c1nc2ccc(Br)cc2c(=O)n1N=Cc1cc(Br)c(OCc2cccc3ccccc23)c(OC)c1. The van der Waals surface area contributed by atoms with Crippen molar-refractivity contribution >= 4 is 59.7 Å². The zero-order chi connectivity index (χ0) is 27.5. The normalized spacial score (nSPS) is 12.3. The molecule has 1 heterocycles. The van der Waals surface area contributed by atoms with Crippen molar-refractivity contribution in [1.29, 1.82) is 0 Å². The van der Waals surface area contributed by atoms with E-state index in [0.29, 0.717) is 34.8 Å². The van der Waals surface area contributed by atoms with Crippen molar-refractivity contribution in [3.8, 4) is 11.5 Å². The number of aromatic nitrogens is 2. The molecule has 39 heavy (non-hydrogen) atoms. The fourth-order valence-corrected chi connectivity index (χ4v) is 5.36. The monoisotopic (exact) mass is 647 g/mol. The Kier molecular flexibility index (Phi) is 8.14. The van der Waals surface area contributed by atoms with E-state index in [2.05, 4.69) is 68.2 Å². The lowest BCUT2D eigenvalue weighted by Gasteiger charge is -2.15. The van der Waals surface area contributed by atoms with Gasteiger partial charge in [0.2, 0.25) is 0 Å². The molecule has 5 aromatic rings. The van der Waals surface area contributed by atoms with Gasteiger partial charge in [-0.3, -0.25) is 4.79 Å². The molecule has 0 aliphatic heterocycles. The number of fused-ring (bicyclic) bond motifs is 2. The minimum absolute atomic E-state index is 0.0500. The summed E-state index contributed by atoms with van der Waals surface area (Å²) in [5.74, 6) is 1.82. The van der Waals surface area contributed by atoms with Gasteiger partial charge in [-0.05, 0) is 74.6 Å². The minimum Gasteiger partial charge on any atom is -0.493 e. The van der Waals surface area contributed by atoms with Crippen LogP contribution in [0.2, 0.25) is 0 Å². The first-order valence-electron chi connectivity index (χ1n) is 12.6. The molecule has 0 amide bonds. The van der Waals surface area contributed by atoms with E-state index < -0.39 is 0 Å². The highest BCUT2D eigenvalue weighted by Gasteiger charge is 2.16. The third-order valence-electron chi connectivity index (χ3n) is 6.71. The number of rotatable bonds is 8. The van der Waals surface area contributed by atoms with Gasteiger partial charge in [-0.25, -0.2) is 4.98 Å². The predicted molar refractivity (Wildman–Crippen MR) is 164 cm³/mol. The summed E-state index contributed by atoms with van der Waals surface area (Å²) in [6, 6.07) is 23.7. The van der Waals surface area contributed by atoms with Gasteiger partial charge in [0.25, 0.3) is 5.56 Å². The molecule has 0 bridgehead atoms. The van der Waals surface area contributed by atoms with Crippen LogP contribution in [-0.4, -0.2) is 23.0 Å². The smallest absolute Gasteiger partial charge is 0.282 e. The molecule has 1 atom stereocenters. The molecule has 0 aliphatic carbocycles. The molecule has 0 aliphatic rings. The average molecular weight is 649 g/mol. The minimum atomic E-state index is -0.214. The lowest BCUT2D eigenvalue weighted by atomic mass is 10.1. The highest BCUT2D eigenvalue weighted by molar-refractivity contribution is 9.10. The number of halogens is 2. The van der Waals surface area contributed by atoms with E-state index in [4.69, 9.17) is 14.5 Å². The standard InChI is InChI=1S/C31H27Br2N3O3/c1-4-19(2)30-35-27-13-12-23(32)16-25(27)31(37)36(30)34-17-20-14-26(33)29(28(15-20)38-3)39-18-22-10-7-9-21-8-5-6-11-24(21)22/h5-17,19H,4,18H2,1-3H3/t19-/m1/s1. The molecular formula is C31H27Br2N3O3. The Morgan fingerprint density at radius 1 is 1.03 bits per heavy atom. The lowest BCUT2D eigenvalue weighted by molar-refractivity contribution is 0.283. The highest BCUT2D eigenvalue weighted by atomic mass is 79.9. The molecule has 0 fully saturated rings. The number of hydrogen-bond donors (Lipinski definition) is 0. The van der Waals surface area contributed by atoms with Crippen LogP contribution in [0.1, 0.15) is 43.1 Å². The van der Waals surface area contributed by atoms with Crippen molar-refractivity contribution in [3.05, 3.63) is 109 Å². The third kappa shape index (κ3) is 5.63.